The molecule has 1 aliphatic heterocycles. The van der Waals surface area contributed by atoms with Gasteiger partial charge in [-0.25, -0.2) is 0 Å². The van der Waals surface area contributed by atoms with Crippen LogP contribution in [0, 0.1) is 13.8 Å². The maximum atomic E-state index is 13.0. The quantitative estimate of drug-likeness (QED) is 0.745. The van der Waals surface area contributed by atoms with Crippen molar-refractivity contribution in [3.63, 3.8) is 0 Å². The first-order chi connectivity index (χ1) is 13.9. The number of nitrogens with zero attached hydrogens (tertiary/aromatic N) is 1. The summed E-state index contributed by atoms with van der Waals surface area (Å²) in [4.78, 5) is 27.1. The van der Waals surface area contributed by atoms with Crippen LogP contribution in [0.15, 0.2) is 30.3 Å². The van der Waals surface area contributed by atoms with Gasteiger partial charge in [0.1, 0.15) is 6.54 Å². The van der Waals surface area contributed by atoms with Gasteiger partial charge in [0.05, 0.1) is 11.6 Å². The molecule has 7 nitrogen and oxygen atoms in total. The molecule has 0 radical (unpaired) electrons. The molecule has 2 aromatic rings. The Morgan fingerprint density at radius 3 is 2.79 bits per heavy atom. The average molecular weight is 419 g/mol. The van der Waals surface area contributed by atoms with E-state index in [0.717, 1.165) is 16.8 Å². The second kappa shape index (κ2) is 9.15. The third-order valence-electron chi connectivity index (χ3n) is 4.74. The summed E-state index contributed by atoms with van der Waals surface area (Å²) >= 11 is 6.19. The highest BCUT2D eigenvalue weighted by molar-refractivity contribution is 6.32. The van der Waals surface area contributed by atoms with E-state index in [0.29, 0.717) is 23.7 Å². The predicted octanol–water partition coefficient (Wildman–Crippen LogP) is 3.41. The molecule has 8 heteroatoms. The summed E-state index contributed by atoms with van der Waals surface area (Å²) in [5.74, 6) is 0.181. The molecule has 0 atom stereocenters. The van der Waals surface area contributed by atoms with Crippen LogP contribution in [0.1, 0.15) is 21.5 Å². The summed E-state index contributed by atoms with van der Waals surface area (Å²) in [5.41, 5.74) is 3.10. The van der Waals surface area contributed by atoms with Crippen molar-refractivity contribution >= 4 is 29.1 Å². The number of halogens is 1. The van der Waals surface area contributed by atoms with Crippen molar-refractivity contribution in [3.05, 3.63) is 52.0 Å². The molecule has 2 aromatic carbocycles. The van der Waals surface area contributed by atoms with E-state index < -0.39 is 0 Å². The highest BCUT2D eigenvalue weighted by Gasteiger charge is 2.24. The molecular weight excluding hydrogens is 396 g/mol. The monoisotopic (exact) mass is 418 g/mol. The number of methoxy groups -OCH3 is 1. The van der Waals surface area contributed by atoms with Crippen LogP contribution >= 0.6 is 11.6 Å². The van der Waals surface area contributed by atoms with Crippen molar-refractivity contribution in [2.24, 2.45) is 0 Å². The Labute approximate surface area is 174 Å². The molecule has 0 bridgehead atoms. The number of nitrogens with one attached hydrogen (secondary N) is 1. The molecule has 3 rings (SSSR count). The zero-order valence-corrected chi connectivity index (χ0v) is 17.3. The maximum absolute atomic E-state index is 13.0. The Hall–Kier alpha value is -2.77. The zero-order chi connectivity index (χ0) is 21.0. The molecule has 0 saturated heterocycles. The number of rotatable bonds is 7. The Balaban J connectivity index is 1.77. The van der Waals surface area contributed by atoms with Crippen LogP contribution in [0.5, 0.6) is 11.5 Å². The zero-order valence-electron chi connectivity index (χ0n) is 16.6. The van der Waals surface area contributed by atoms with Crippen molar-refractivity contribution in [2.75, 3.05) is 38.9 Å². The van der Waals surface area contributed by atoms with E-state index in [4.69, 9.17) is 25.8 Å². The lowest BCUT2D eigenvalue weighted by Gasteiger charge is -2.22. The fraction of sp³-hybridized carbons (Fsp3) is 0.333. The third-order valence-corrected chi connectivity index (χ3v) is 5.02. The van der Waals surface area contributed by atoms with Crippen LogP contribution in [0.2, 0.25) is 5.02 Å². The van der Waals surface area contributed by atoms with Gasteiger partial charge in [-0.05, 0) is 43.2 Å². The molecule has 0 aliphatic carbocycles. The SMILES string of the molecule is COCCN(CC(=O)Nc1cccc(C)c1C)C(=O)c1cc(Cl)c2c(c1)OCO2. The van der Waals surface area contributed by atoms with E-state index in [-0.39, 0.29) is 36.7 Å². The first kappa shape index (κ1) is 21.0. The van der Waals surface area contributed by atoms with Crippen molar-refractivity contribution in [1.82, 2.24) is 4.90 Å². The number of anilines is 1. The molecule has 29 heavy (non-hydrogen) atoms. The third kappa shape index (κ3) is 4.81. The number of carbonyl (C=O) groups excluding carboxylic acids is 2. The molecular formula is C21H23ClN2O5. The van der Waals surface area contributed by atoms with Crippen LogP contribution in [-0.2, 0) is 9.53 Å². The summed E-state index contributed by atoms with van der Waals surface area (Å²) in [6.45, 7) is 4.39. The molecule has 1 aliphatic rings. The molecule has 1 N–H and O–H groups in total. The Morgan fingerprint density at radius 2 is 2.03 bits per heavy atom. The van der Waals surface area contributed by atoms with E-state index in [2.05, 4.69) is 5.32 Å². The van der Waals surface area contributed by atoms with Gasteiger partial charge in [-0.3, -0.25) is 9.59 Å². The lowest BCUT2D eigenvalue weighted by molar-refractivity contribution is -0.117. The molecule has 154 valence electrons. The van der Waals surface area contributed by atoms with E-state index in [9.17, 15) is 9.59 Å². The van der Waals surface area contributed by atoms with Crippen LogP contribution in [0.4, 0.5) is 5.69 Å². The second-order valence-corrected chi connectivity index (χ2v) is 7.11. The summed E-state index contributed by atoms with van der Waals surface area (Å²) < 4.78 is 15.7. The minimum Gasteiger partial charge on any atom is -0.454 e. The Morgan fingerprint density at radius 1 is 1.24 bits per heavy atom. The summed E-state index contributed by atoms with van der Waals surface area (Å²) in [6, 6.07) is 8.76. The smallest absolute Gasteiger partial charge is 0.254 e. The van der Waals surface area contributed by atoms with Gasteiger partial charge in [0, 0.05) is 24.9 Å². The van der Waals surface area contributed by atoms with E-state index >= 15 is 0 Å². The molecule has 0 unspecified atom stereocenters. The number of carbonyl (C=O) groups is 2. The molecule has 0 saturated carbocycles. The first-order valence-electron chi connectivity index (χ1n) is 9.14. The number of benzene rings is 2. The van der Waals surface area contributed by atoms with Crippen LogP contribution in [0.25, 0.3) is 0 Å². The van der Waals surface area contributed by atoms with E-state index in [1.165, 1.54) is 18.1 Å². The minimum absolute atomic E-state index is 0.0539. The lowest BCUT2D eigenvalue weighted by Crippen LogP contribution is -2.40. The van der Waals surface area contributed by atoms with Crippen molar-refractivity contribution in [3.8, 4) is 11.5 Å². The van der Waals surface area contributed by atoms with Crippen molar-refractivity contribution in [2.45, 2.75) is 13.8 Å². The number of hydrogen-bond acceptors (Lipinski definition) is 5. The topological polar surface area (TPSA) is 77.1 Å². The molecule has 0 aromatic heterocycles. The van der Waals surface area contributed by atoms with Crippen molar-refractivity contribution in [1.29, 1.82) is 0 Å². The van der Waals surface area contributed by atoms with Crippen LogP contribution < -0.4 is 14.8 Å². The van der Waals surface area contributed by atoms with E-state index in [1.807, 2.05) is 32.0 Å². The van der Waals surface area contributed by atoms with Crippen molar-refractivity contribution < 1.29 is 23.8 Å². The highest BCUT2D eigenvalue weighted by Crippen LogP contribution is 2.40. The number of ether oxygens (including phenoxy) is 3. The van der Waals surface area contributed by atoms with Gasteiger partial charge < -0.3 is 24.4 Å². The highest BCUT2D eigenvalue weighted by atomic mass is 35.5. The standard InChI is InChI=1S/C21H23ClN2O5/c1-13-5-4-6-17(14(13)2)23-19(25)11-24(7-8-27-3)21(26)15-9-16(22)20-18(10-15)28-12-29-20/h4-6,9-10H,7-8,11-12H2,1-3H3,(H,23,25). The first-order valence-corrected chi connectivity index (χ1v) is 9.52. The van der Waals surface area contributed by atoms with Gasteiger partial charge in [0.2, 0.25) is 12.7 Å². The van der Waals surface area contributed by atoms with Gasteiger partial charge in [-0.1, -0.05) is 23.7 Å². The van der Waals surface area contributed by atoms with Crippen LogP contribution in [-0.4, -0.2) is 50.3 Å². The lowest BCUT2D eigenvalue weighted by atomic mass is 10.1. The van der Waals surface area contributed by atoms with Gasteiger partial charge >= 0.3 is 0 Å². The summed E-state index contributed by atoms with van der Waals surface area (Å²) in [7, 11) is 1.54. The second-order valence-electron chi connectivity index (χ2n) is 6.71. The molecule has 2 amide bonds. The Kier molecular flexibility index (Phi) is 6.61. The Bertz CT molecular complexity index is 932. The predicted molar refractivity (Wildman–Crippen MR) is 110 cm³/mol. The summed E-state index contributed by atoms with van der Waals surface area (Å²) in [5, 5.41) is 3.16. The fourth-order valence-corrected chi connectivity index (χ4v) is 3.24. The molecule has 1 heterocycles. The number of hydrogen-bond donors (Lipinski definition) is 1. The number of aryl methyl sites for hydroxylation is 1. The maximum Gasteiger partial charge on any atom is 0.254 e. The van der Waals surface area contributed by atoms with E-state index in [1.54, 1.807) is 6.07 Å². The molecule has 0 fully saturated rings. The van der Waals surface area contributed by atoms with Gasteiger partial charge in [0.15, 0.2) is 11.5 Å². The normalized spacial score (nSPS) is 12.0. The molecule has 0 spiro atoms. The van der Waals surface area contributed by atoms with Crippen LogP contribution in [0.3, 0.4) is 0 Å². The summed E-state index contributed by atoms with van der Waals surface area (Å²) in [6.07, 6.45) is 0. The van der Waals surface area contributed by atoms with Gasteiger partial charge in [-0.15, -0.1) is 0 Å². The number of fused-ring (bicyclic) bond motifs is 1. The average Bonchev–Trinajstić information content (AvgIpc) is 3.17. The van der Waals surface area contributed by atoms with Gasteiger partial charge in [0.25, 0.3) is 5.91 Å². The fourth-order valence-electron chi connectivity index (χ4n) is 2.98. The number of amides is 2. The largest absolute Gasteiger partial charge is 0.454 e. The van der Waals surface area contributed by atoms with Gasteiger partial charge in [-0.2, -0.15) is 0 Å². The minimum atomic E-state index is -0.349.